The van der Waals surface area contributed by atoms with Crippen LogP contribution in [0.15, 0.2) is 36.4 Å². The van der Waals surface area contributed by atoms with E-state index in [1.165, 1.54) is 11.1 Å². The minimum Gasteiger partial charge on any atom is -0.497 e. The Labute approximate surface area is 126 Å². The first-order chi connectivity index (χ1) is 10.0. The number of benzene rings is 2. The molecule has 0 fully saturated rings. The van der Waals surface area contributed by atoms with E-state index in [4.69, 9.17) is 4.74 Å². The molecule has 0 aliphatic rings. The number of rotatable bonds is 4. The lowest BCUT2D eigenvalue weighted by atomic mass is 9.96. The van der Waals surface area contributed by atoms with Gasteiger partial charge in [0, 0.05) is 11.8 Å². The molecule has 2 aromatic rings. The Kier molecular flexibility index (Phi) is 4.49. The van der Waals surface area contributed by atoms with Crippen LogP contribution in [-0.4, -0.2) is 7.11 Å². The second kappa shape index (κ2) is 6.32. The SMILES string of the molecule is COc1cccc(NC(C#N)c2cc(C)c(C)cc2C)c1. The van der Waals surface area contributed by atoms with E-state index in [9.17, 15) is 5.26 Å². The van der Waals surface area contributed by atoms with Gasteiger partial charge in [0.05, 0.1) is 13.2 Å². The van der Waals surface area contributed by atoms with Gasteiger partial charge in [-0.25, -0.2) is 0 Å². The molecule has 3 nitrogen and oxygen atoms in total. The van der Waals surface area contributed by atoms with E-state index < -0.39 is 0 Å². The molecule has 0 heterocycles. The van der Waals surface area contributed by atoms with E-state index in [-0.39, 0.29) is 6.04 Å². The Balaban J connectivity index is 2.32. The summed E-state index contributed by atoms with van der Waals surface area (Å²) in [5.74, 6) is 0.772. The van der Waals surface area contributed by atoms with Crippen LogP contribution in [0.5, 0.6) is 5.75 Å². The van der Waals surface area contributed by atoms with Gasteiger partial charge in [-0.2, -0.15) is 5.26 Å². The van der Waals surface area contributed by atoms with Gasteiger partial charge in [0.2, 0.25) is 0 Å². The summed E-state index contributed by atoms with van der Waals surface area (Å²) in [7, 11) is 1.63. The Morgan fingerprint density at radius 3 is 2.43 bits per heavy atom. The van der Waals surface area contributed by atoms with Crippen LogP contribution in [0.4, 0.5) is 5.69 Å². The highest BCUT2D eigenvalue weighted by molar-refractivity contribution is 5.52. The van der Waals surface area contributed by atoms with E-state index in [1.807, 2.05) is 31.2 Å². The molecule has 0 aliphatic heterocycles. The zero-order valence-corrected chi connectivity index (χ0v) is 12.9. The van der Waals surface area contributed by atoms with Gasteiger partial charge in [-0.15, -0.1) is 0 Å². The fourth-order valence-corrected chi connectivity index (χ4v) is 2.35. The third kappa shape index (κ3) is 3.35. The number of nitrogens with zero attached hydrogens (tertiary/aromatic N) is 1. The monoisotopic (exact) mass is 280 g/mol. The Hall–Kier alpha value is -2.47. The van der Waals surface area contributed by atoms with Crippen molar-refractivity contribution in [2.24, 2.45) is 0 Å². The molecule has 0 bridgehead atoms. The zero-order valence-electron chi connectivity index (χ0n) is 12.9. The molecule has 1 N–H and O–H groups in total. The molecule has 2 aromatic carbocycles. The van der Waals surface area contributed by atoms with Crippen molar-refractivity contribution in [2.75, 3.05) is 12.4 Å². The van der Waals surface area contributed by atoms with Crippen LogP contribution in [0.3, 0.4) is 0 Å². The predicted molar refractivity (Wildman–Crippen MR) is 85.6 cm³/mol. The van der Waals surface area contributed by atoms with Crippen LogP contribution in [0.25, 0.3) is 0 Å². The van der Waals surface area contributed by atoms with Crippen molar-refractivity contribution in [3.05, 3.63) is 58.7 Å². The minimum absolute atomic E-state index is 0.378. The fourth-order valence-electron chi connectivity index (χ4n) is 2.35. The van der Waals surface area contributed by atoms with Gasteiger partial charge in [0.25, 0.3) is 0 Å². The van der Waals surface area contributed by atoms with Gasteiger partial charge in [-0.1, -0.05) is 18.2 Å². The molecule has 21 heavy (non-hydrogen) atoms. The molecule has 0 aliphatic carbocycles. The minimum atomic E-state index is -0.378. The van der Waals surface area contributed by atoms with E-state index >= 15 is 0 Å². The smallest absolute Gasteiger partial charge is 0.140 e. The average Bonchev–Trinajstić information content (AvgIpc) is 2.49. The highest BCUT2D eigenvalue weighted by Crippen LogP contribution is 2.26. The van der Waals surface area contributed by atoms with E-state index in [1.54, 1.807) is 7.11 Å². The second-order valence-corrected chi connectivity index (χ2v) is 5.23. The lowest BCUT2D eigenvalue weighted by molar-refractivity contribution is 0.415. The van der Waals surface area contributed by atoms with Crippen molar-refractivity contribution in [3.8, 4) is 11.8 Å². The summed E-state index contributed by atoms with van der Waals surface area (Å²) in [5, 5.41) is 12.8. The molecular weight excluding hydrogens is 260 g/mol. The molecule has 3 heteroatoms. The number of anilines is 1. The van der Waals surface area contributed by atoms with Crippen molar-refractivity contribution in [2.45, 2.75) is 26.8 Å². The second-order valence-electron chi connectivity index (χ2n) is 5.23. The first-order valence-electron chi connectivity index (χ1n) is 6.93. The molecule has 0 aromatic heterocycles. The van der Waals surface area contributed by atoms with Crippen LogP contribution in [0.2, 0.25) is 0 Å². The van der Waals surface area contributed by atoms with Crippen molar-refractivity contribution in [1.29, 1.82) is 5.26 Å². The molecule has 2 rings (SSSR count). The normalized spacial score (nSPS) is 11.6. The third-order valence-corrected chi connectivity index (χ3v) is 3.70. The molecule has 0 saturated heterocycles. The van der Waals surface area contributed by atoms with Gasteiger partial charge in [-0.3, -0.25) is 0 Å². The van der Waals surface area contributed by atoms with Crippen LogP contribution < -0.4 is 10.1 Å². The van der Waals surface area contributed by atoms with Crippen LogP contribution >= 0.6 is 0 Å². The fraction of sp³-hybridized carbons (Fsp3) is 0.278. The summed E-state index contributed by atoms with van der Waals surface area (Å²) in [6.45, 7) is 6.20. The number of aryl methyl sites for hydroxylation is 3. The van der Waals surface area contributed by atoms with Crippen LogP contribution in [0.1, 0.15) is 28.3 Å². The molecular formula is C18H20N2O. The van der Waals surface area contributed by atoms with Gasteiger partial charge in [0.15, 0.2) is 0 Å². The molecule has 0 spiro atoms. The highest BCUT2D eigenvalue weighted by Gasteiger charge is 2.14. The first-order valence-corrected chi connectivity index (χ1v) is 6.93. The third-order valence-electron chi connectivity index (χ3n) is 3.70. The summed E-state index contributed by atoms with van der Waals surface area (Å²) < 4.78 is 5.21. The summed E-state index contributed by atoms with van der Waals surface area (Å²) in [6.07, 6.45) is 0. The summed E-state index contributed by atoms with van der Waals surface area (Å²) in [6, 6.07) is 13.8. The summed E-state index contributed by atoms with van der Waals surface area (Å²) >= 11 is 0. The number of nitriles is 1. The summed E-state index contributed by atoms with van der Waals surface area (Å²) in [4.78, 5) is 0. The van der Waals surface area contributed by atoms with Crippen molar-refractivity contribution < 1.29 is 4.74 Å². The average molecular weight is 280 g/mol. The standard InChI is InChI=1S/C18H20N2O/c1-12-8-14(3)17(9-13(12)2)18(11-19)20-15-6-5-7-16(10-15)21-4/h5-10,18,20H,1-4H3. The quantitative estimate of drug-likeness (QED) is 0.908. The first kappa shape index (κ1) is 14.9. The van der Waals surface area contributed by atoms with Crippen molar-refractivity contribution in [3.63, 3.8) is 0 Å². The van der Waals surface area contributed by atoms with Gasteiger partial charge >= 0.3 is 0 Å². The molecule has 1 atom stereocenters. The highest BCUT2D eigenvalue weighted by atomic mass is 16.5. The van der Waals surface area contributed by atoms with Crippen LogP contribution in [0, 0.1) is 32.1 Å². The molecule has 0 saturated carbocycles. The molecule has 0 amide bonds. The van der Waals surface area contributed by atoms with E-state index in [0.717, 1.165) is 22.6 Å². The lowest BCUT2D eigenvalue weighted by Gasteiger charge is -2.17. The molecule has 108 valence electrons. The van der Waals surface area contributed by atoms with E-state index in [2.05, 4.69) is 37.4 Å². The number of methoxy groups -OCH3 is 1. The Morgan fingerprint density at radius 1 is 1.05 bits per heavy atom. The van der Waals surface area contributed by atoms with Gasteiger partial charge in [-0.05, 0) is 55.2 Å². The summed E-state index contributed by atoms with van der Waals surface area (Å²) in [5.41, 5.74) is 5.46. The topological polar surface area (TPSA) is 45.0 Å². The molecule has 0 radical (unpaired) electrons. The van der Waals surface area contributed by atoms with Crippen molar-refractivity contribution >= 4 is 5.69 Å². The lowest BCUT2D eigenvalue weighted by Crippen LogP contribution is -2.10. The van der Waals surface area contributed by atoms with Crippen molar-refractivity contribution in [1.82, 2.24) is 0 Å². The van der Waals surface area contributed by atoms with Crippen LogP contribution in [-0.2, 0) is 0 Å². The van der Waals surface area contributed by atoms with Gasteiger partial charge in [0.1, 0.15) is 11.8 Å². The maximum absolute atomic E-state index is 9.51. The maximum atomic E-state index is 9.51. The predicted octanol–water partition coefficient (Wildman–Crippen LogP) is 4.30. The number of ether oxygens (including phenoxy) is 1. The largest absolute Gasteiger partial charge is 0.497 e. The Bertz CT molecular complexity index is 686. The number of hydrogen-bond donors (Lipinski definition) is 1. The van der Waals surface area contributed by atoms with E-state index in [0.29, 0.717) is 0 Å². The number of hydrogen-bond acceptors (Lipinski definition) is 3. The van der Waals surface area contributed by atoms with Gasteiger partial charge < -0.3 is 10.1 Å². The number of nitrogens with one attached hydrogen (secondary N) is 1. The zero-order chi connectivity index (χ0) is 15.4. The Morgan fingerprint density at radius 2 is 1.76 bits per heavy atom. The maximum Gasteiger partial charge on any atom is 0.140 e. The molecule has 1 unspecified atom stereocenters.